The first-order valence-electron chi connectivity index (χ1n) is 8.29. The molecule has 0 atom stereocenters. The lowest BCUT2D eigenvalue weighted by Gasteiger charge is -2.36. The monoisotopic (exact) mass is 323 g/mol. The molecule has 2 aliphatic heterocycles. The van der Waals surface area contributed by atoms with Crippen molar-refractivity contribution in [3.05, 3.63) is 11.9 Å². The zero-order chi connectivity index (χ0) is 16.1. The van der Waals surface area contributed by atoms with Gasteiger partial charge in [-0.2, -0.15) is 0 Å². The largest absolute Gasteiger partial charge is 0.381 e. The van der Waals surface area contributed by atoms with Gasteiger partial charge in [0.2, 0.25) is 0 Å². The lowest BCUT2D eigenvalue weighted by atomic mass is 10.1. The van der Waals surface area contributed by atoms with Crippen LogP contribution in [0.2, 0.25) is 0 Å². The Morgan fingerprint density at radius 3 is 2.61 bits per heavy atom. The molecule has 2 saturated heterocycles. The molecule has 3 rings (SSSR count). The van der Waals surface area contributed by atoms with Crippen molar-refractivity contribution in [2.24, 2.45) is 7.05 Å². The summed E-state index contributed by atoms with van der Waals surface area (Å²) in [6, 6.07) is 0.222. The number of carbonyl (C=O) groups excluding carboxylic acids is 1. The highest BCUT2D eigenvalue weighted by Crippen LogP contribution is 2.17. The maximum atomic E-state index is 12.9. The summed E-state index contributed by atoms with van der Waals surface area (Å²) in [6.07, 6.45) is 3.45. The van der Waals surface area contributed by atoms with E-state index in [-0.39, 0.29) is 11.9 Å². The smallest absolute Gasteiger partial charge is 0.276 e. The molecule has 2 aliphatic rings. The van der Waals surface area contributed by atoms with Gasteiger partial charge in [0.05, 0.1) is 19.4 Å². The fourth-order valence-corrected chi connectivity index (χ4v) is 3.11. The van der Waals surface area contributed by atoms with Crippen LogP contribution >= 0.6 is 0 Å². The molecule has 0 aliphatic carbocycles. The van der Waals surface area contributed by atoms with Crippen LogP contribution in [0.5, 0.6) is 0 Å². The van der Waals surface area contributed by atoms with Crippen LogP contribution < -0.4 is 0 Å². The number of ether oxygens (including phenoxy) is 2. The molecular weight excluding hydrogens is 298 g/mol. The summed E-state index contributed by atoms with van der Waals surface area (Å²) in [4.78, 5) is 17.2. The van der Waals surface area contributed by atoms with Crippen molar-refractivity contribution in [1.29, 1.82) is 0 Å². The van der Waals surface area contributed by atoms with Gasteiger partial charge in [-0.3, -0.25) is 14.4 Å². The molecule has 0 spiro atoms. The summed E-state index contributed by atoms with van der Waals surface area (Å²) in [5.41, 5.74) is 0.418. The Kier molecular flexibility index (Phi) is 5.58. The van der Waals surface area contributed by atoms with Gasteiger partial charge in [-0.25, -0.2) is 0 Å². The second kappa shape index (κ2) is 7.85. The number of aromatic nitrogens is 3. The van der Waals surface area contributed by atoms with Crippen molar-refractivity contribution >= 4 is 5.91 Å². The first-order chi connectivity index (χ1) is 11.2. The highest BCUT2D eigenvalue weighted by atomic mass is 16.5. The fourth-order valence-electron chi connectivity index (χ4n) is 3.11. The van der Waals surface area contributed by atoms with E-state index in [0.29, 0.717) is 25.5 Å². The van der Waals surface area contributed by atoms with Crippen LogP contribution in [0, 0.1) is 0 Å². The van der Waals surface area contributed by atoms with E-state index in [4.69, 9.17) is 9.47 Å². The summed E-state index contributed by atoms with van der Waals surface area (Å²) in [5.74, 6) is -0.0294. The van der Waals surface area contributed by atoms with E-state index in [9.17, 15) is 4.79 Å². The highest BCUT2D eigenvalue weighted by molar-refractivity contribution is 5.92. The van der Waals surface area contributed by atoms with Crippen molar-refractivity contribution in [3.8, 4) is 0 Å². The Hall–Kier alpha value is -1.51. The van der Waals surface area contributed by atoms with Crippen molar-refractivity contribution in [2.75, 3.05) is 52.6 Å². The maximum absolute atomic E-state index is 12.9. The Labute approximate surface area is 136 Å². The van der Waals surface area contributed by atoms with E-state index < -0.39 is 0 Å². The van der Waals surface area contributed by atoms with Crippen LogP contribution in [0.15, 0.2) is 6.20 Å². The van der Waals surface area contributed by atoms with E-state index in [0.717, 1.165) is 45.7 Å². The first-order valence-corrected chi connectivity index (χ1v) is 8.29. The Bertz CT molecular complexity index is 509. The number of hydrogen-bond donors (Lipinski definition) is 0. The predicted molar refractivity (Wildman–Crippen MR) is 83.1 cm³/mol. The summed E-state index contributed by atoms with van der Waals surface area (Å²) in [7, 11) is 1.77. The average molecular weight is 323 g/mol. The predicted octanol–water partition coefficient (Wildman–Crippen LogP) is -0.231. The lowest BCUT2D eigenvalue weighted by Crippen LogP contribution is -2.48. The van der Waals surface area contributed by atoms with Gasteiger partial charge in [0, 0.05) is 52.5 Å². The van der Waals surface area contributed by atoms with Crippen LogP contribution in [-0.4, -0.2) is 89.3 Å². The maximum Gasteiger partial charge on any atom is 0.276 e. The molecule has 0 bridgehead atoms. The van der Waals surface area contributed by atoms with Crippen LogP contribution in [-0.2, 0) is 16.5 Å². The number of nitrogens with zero attached hydrogens (tertiary/aromatic N) is 5. The number of morpholine rings is 1. The highest BCUT2D eigenvalue weighted by Gasteiger charge is 2.28. The lowest BCUT2D eigenvalue weighted by molar-refractivity contribution is 0.0139. The van der Waals surface area contributed by atoms with E-state index in [1.54, 1.807) is 17.9 Å². The van der Waals surface area contributed by atoms with Gasteiger partial charge < -0.3 is 14.4 Å². The zero-order valence-corrected chi connectivity index (χ0v) is 13.7. The average Bonchev–Trinajstić information content (AvgIpc) is 3.03. The summed E-state index contributed by atoms with van der Waals surface area (Å²) in [6.45, 7) is 6.42. The SMILES string of the molecule is Cn1cc(C(=O)N(CCN2CCOCC2)C2CCOCC2)nn1. The third kappa shape index (κ3) is 4.27. The normalized spacial score (nSPS) is 20.6. The van der Waals surface area contributed by atoms with Gasteiger partial charge in [-0.05, 0) is 12.8 Å². The van der Waals surface area contributed by atoms with E-state index in [1.807, 2.05) is 4.90 Å². The molecule has 0 saturated carbocycles. The topological polar surface area (TPSA) is 72.7 Å². The molecule has 0 radical (unpaired) electrons. The second-order valence-electron chi connectivity index (χ2n) is 6.07. The Balaban J connectivity index is 1.66. The number of aryl methyl sites for hydroxylation is 1. The molecule has 1 aromatic rings. The molecule has 0 N–H and O–H groups in total. The second-order valence-corrected chi connectivity index (χ2v) is 6.07. The van der Waals surface area contributed by atoms with Crippen molar-refractivity contribution in [3.63, 3.8) is 0 Å². The number of carbonyl (C=O) groups is 1. The Morgan fingerprint density at radius 2 is 1.96 bits per heavy atom. The van der Waals surface area contributed by atoms with Gasteiger partial charge in [-0.1, -0.05) is 5.21 Å². The summed E-state index contributed by atoms with van der Waals surface area (Å²) < 4.78 is 12.4. The number of hydrogen-bond acceptors (Lipinski definition) is 6. The summed E-state index contributed by atoms with van der Waals surface area (Å²) >= 11 is 0. The number of amides is 1. The molecule has 23 heavy (non-hydrogen) atoms. The third-order valence-corrected chi connectivity index (χ3v) is 4.48. The fraction of sp³-hybridized carbons (Fsp3) is 0.800. The molecule has 0 unspecified atom stereocenters. The van der Waals surface area contributed by atoms with Gasteiger partial charge in [0.15, 0.2) is 5.69 Å². The molecule has 1 aromatic heterocycles. The van der Waals surface area contributed by atoms with Crippen LogP contribution in [0.3, 0.4) is 0 Å². The molecule has 3 heterocycles. The van der Waals surface area contributed by atoms with Gasteiger partial charge in [0.1, 0.15) is 0 Å². The molecule has 2 fully saturated rings. The van der Waals surface area contributed by atoms with Gasteiger partial charge in [0.25, 0.3) is 5.91 Å². The molecule has 8 heteroatoms. The molecule has 128 valence electrons. The zero-order valence-electron chi connectivity index (χ0n) is 13.7. The van der Waals surface area contributed by atoms with Crippen LogP contribution in [0.1, 0.15) is 23.3 Å². The quantitative estimate of drug-likeness (QED) is 0.745. The minimum Gasteiger partial charge on any atom is -0.381 e. The minimum atomic E-state index is -0.0294. The first kappa shape index (κ1) is 16.4. The van der Waals surface area contributed by atoms with Crippen molar-refractivity contribution in [2.45, 2.75) is 18.9 Å². The Morgan fingerprint density at radius 1 is 1.26 bits per heavy atom. The van der Waals surface area contributed by atoms with Crippen LogP contribution in [0.4, 0.5) is 0 Å². The molecule has 8 nitrogen and oxygen atoms in total. The van der Waals surface area contributed by atoms with E-state index >= 15 is 0 Å². The standard InChI is InChI=1S/C15H25N5O3/c1-18-12-14(16-17-18)15(21)20(13-2-8-22-9-3-13)5-4-19-6-10-23-11-7-19/h12-13H,2-11H2,1H3. The van der Waals surface area contributed by atoms with Gasteiger partial charge in [-0.15, -0.1) is 5.10 Å². The third-order valence-electron chi connectivity index (χ3n) is 4.48. The number of rotatable bonds is 5. The van der Waals surface area contributed by atoms with E-state index in [1.165, 1.54) is 0 Å². The molecule has 1 amide bonds. The van der Waals surface area contributed by atoms with Crippen molar-refractivity contribution in [1.82, 2.24) is 24.8 Å². The molecular formula is C15H25N5O3. The summed E-state index contributed by atoms with van der Waals surface area (Å²) in [5, 5.41) is 7.87. The van der Waals surface area contributed by atoms with Crippen LogP contribution in [0.25, 0.3) is 0 Å². The van der Waals surface area contributed by atoms with E-state index in [2.05, 4.69) is 15.2 Å². The van der Waals surface area contributed by atoms with Crippen molar-refractivity contribution < 1.29 is 14.3 Å². The van der Waals surface area contributed by atoms with Gasteiger partial charge >= 0.3 is 0 Å². The minimum absolute atomic E-state index is 0.0294. The molecule has 0 aromatic carbocycles.